The molecule has 0 bridgehead atoms. The van der Waals surface area contributed by atoms with Crippen molar-refractivity contribution in [3.8, 4) is 21.8 Å². The summed E-state index contributed by atoms with van der Waals surface area (Å²) < 4.78 is 74.5. The van der Waals surface area contributed by atoms with E-state index in [1.807, 2.05) is 12.1 Å². The molecule has 0 saturated carbocycles. The van der Waals surface area contributed by atoms with E-state index in [0.29, 0.717) is 40.7 Å². The predicted octanol–water partition coefficient (Wildman–Crippen LogP) is 5.22. The van der Waals surface area contributed by atoms with Crippen LogP contribution in [-0.4, -0.2) is 54.7 Å². The molecule has 0 aliphatic carbocycles. The molecule has 0 radical (unpaired) electrons. The van der Waals surface area contributed by atoms with Crippen molar-refractivity contribution < 1.29 is 26.3 Å². The van der Waals surface area contributed by atoms with Crippen LogP contribution in [0.5, 0.6) is 0 Å². The van der Waals surface area contributed by atoms with Crippen molar-refractivity contribution in [1.29, 1.82) is 0 Å². The summed E-state index contributed by atoms with van der Waals surface area (Å²) in [6.07, 6.45) is 3.23. The summed E-state index contributed by atoms with van der Waals surface area (Å²) in [5.41, 5.74) is 7.54. The lowest BCUT2D eigenvalue weighted by atomic mass is 10.1. The van der Waals surface area contributed by atoms with Crippen molar-refractivity contribution in [2.24, 2.45) is 0 Å². The van der Waals surface area contributed by atoms with Crippen LogP contribution in [0, 0.1) is 17.5 Å². The molecule has 3 aromatic heterocycles. The Bertz CT molecular complexity index is 1910. The Kier molecular flexibility index (Phi) is 8.16. The predicted molar refractivity (Wildman–Crippen MR) is 161 cm³/mol. The van der Waals surface area contributed by atoms with Crippen LogP contribution in [-0.2, 0) is 20.3 Å². The van der Waals surface area contributed by atoms with E-state index >= 15 is 0 Å². The maximum Gasteiger partial charge on any atom is 0.227 e. The highest BCUT2D eigenvalue weighted by molar-refractivity contribution is 7.90. The van der Waals surface area contributed by atoms with Gasteiger partial charge in [-0.25, -0.2) is 41.5 Å². The summed E-state index contributed by atoms with van der Waals surface area (Å²) >= 11 is 1.13. The molecule has 0 unspecified atom stereocenters. The third-order valence-corrected chi connectivity index (χ3v) is 9.38. The van der Waals surface area contributed by atoms with Crippen molar-refractivity contribution in [3.63, 3.8) is 0 Å². The second-order valence-electron chi connectivity index (χ2n) is 9.74. The van der Waals surface area contributed by atoms with Gasteiger partial charge in [-0.05, 0) is 48.5 Å². The van der Waals surface area contributed by atoms with Gasteiger partial charge in [0.15, 0.2) is 15.0 Å². The first-order valence-electron chi connectivity index (χ1n) is 13.3. The maximum atomic E-state index is 14.8. The largest absolute Gasteiger partial charge is 0.378 e. The van der Waals surface area contributed by atoms with Crippen LogP contribution < -0.4 is 16.0 Å². The number of ether oxygens (including phenoxy) is 1. The number of rotatable bonds is 8. The first-order chi connectivity index (χ1) is 21.2. The Morgan fingerprint density at radius 1 is 0.955 bits per heavy atom. The zero-order valence-electron chi connectivity index (χ0n) is 22.9. The molecule has 1 fully saturated rings. The highest BCUT2D eigenvalue weighted by Crippen LogP contribution is 2.38. The van der Waals surface area contributed by atoms with Crippen molar-refractivity contribution in [2.75, 3.05) is 42.3 Å². The zero-order valence-corrected chi connectivity index (χ0v) is 24.5. The molecule has 1 aliphatic heterocycles. The molecule has 1 aliphatic rings. The summed E-state index contributed by atoms with van der Waals surface area (Å²) in [5.74, 6) is -3.23. The van der Waals surface area contributed by atoms with Gasteiger partial charge in [0.2, 0.25) is 5.95 Å². The van der Waals surface area contributed by atoms with Crippen LogP contribution in [0.1, 0.15) is 5.56 Å². The topological polar surface area (TPSA) is 136 Å². The highest BCUT2D eigenvalue weighted by Gasteiger charge is 2.26. The maximum absolute atomic E-state index is 14.8. The SMILES string of the molecule is Nc1nc(-c2ccc(F)c(CS(=O)(=O)c3c(F)cccc3F)c2)c(-c2ccnc(Nc3ccc(N4CCOCC4)nc3)n2)s1. The van der Waals surface area contributed by atoms with E-state index in [-0.39, 0.29) is 16.6 Å². The molecular weight excluding hydrogens is 615 g/mol. The number of anilines is 4. The number of benzene rings is 2. The lowest BCUT2D eigenvalue weighted by molar-refractivity contribution is 0.122. The van der Waals surface area contributed by atoms with E-state index in [0.717, 1.165) is 54.5 Å². The lowest BCUT2D eigenvalue weighted by Gasteiger charge is -2.27. The summed E-state index contributed by atoms with van der Waals surface area (Å²) in [6.45, 7) is 2.83. The van der Waals surface area contributed by atoms with Crippen molar-refractivity contribution >= 4 is 43.8 Å². The van der Waals surface area contributed by atoms with Crippen LogP contribution in [0.3, 0.4) is 0 Å². The van der Waals surface area contributed by atoms with Crippen LogP contribution >= 0.6 is 11.3 Å². The molecule has 0 amide bonds. The monoisotopic (exact) mass is 639 g/mol. The fourth-order valence-electron chi connectivity index (χ4n) is 4.71. The van der Waals surface area contributed by atoms with Crippen LogP contribution in [0.25, 0.3) is 21.8 Å². The number of sulfone groups is 1. The number of morpholine rings is 1. The van der Waals surface area contributed by atoms with E-state index in [4.69, 9.17) is 10.5 Å². The lowest BCUT2D eigenvalue weighted by Crippen LogP contribution is -2.36. The molecule has 0 atom stereocenters. The molecule has 6 rings (SSSR count). The molecule has 226 valence electrons. The number of nitrogens with one attached hydrogen (secondary N) is 1. The highest BCUT2D eigenvalue weighted by atomic mass is 32.2. The molecular formula is C29H24F3N7O3S2. The van der Waals surface area contributed by atoms with Gasteiger partial charge in [0, 0.05) is 30.4 Å². The van der Waals surface area contributed by atoms with Gasteiger partial charge in [0.1, 0.15) is 28.2 Å². The Hall–Kier alpha value is -4.60. The van der Waals surface area contributed by atoms with E-state index in [2.05, 4.69) is 30.2 Å². The Balaban J connectivity index is 1.27. The zero-order chi connectivity index (χ0) is 30.8. The molecule has 4 heterocycles. The third-order valence-electron chi connectivity index (χ3n) is 6.77. The minimum atomic E-state index is -4.57. The van der Waals surface area contributed by atoms with Gasteiger partial charge < -0.3 is 20.7 Å². The number of hydrogen-bond acceptors (Lipinski definition) is 11. The molecule has 15 heteroatoms. The van der Waals surface area contributed by atoms with Gasteiger partial charge in [-0.2, -0.15) is 0 Å². The average Bonchev–Trinajstić information content (AvgIpc) is 3.40. The fraction of sp³-hybridized carbons (Fsp3) is 0.172. The normalized spacial score (nSPS) is 13.7. The molecule has 1 saturated heterocycles. The Morgan fingerprint density at radius 2 is 1.73 bits per heavy atom. The second-order valence-corrected chi connectivity index (χ2v) is 12.7. The molecule has 10 nitrogen and oxygen atoms in total. The van der Waals surface area contributed by atoms with Gasteiger partial charge in [0.25, 0.3) is 0 Å². The number of nitrogens with two attached hydrogens (primary N) is 1. The van der Waals surface area contributed by atoms with Gasteiger partial charge in [-0.3, -0.25) is 0 Å². The van der Waals surface area contributed by atoms with Gasteiger partial charge in [0.05, 0.1) is 47.1 Å². The first kappa shape index (κ1) is 29.5. The van der Waals surface area contributed by atoms with Crippen LogP contribution in [0.15, 0.2) is 71.9 Å². The fourth-order valence-corrected chi connectivity index (χ4v) is 7.04. The summed E-state index contributed by atoms with van der Waals surface area (Å²) in [6, 6.07) is 11.9. The summed E-state index contributed by atoms with van der Waals surface area (Å²) in [4.78, 5) is 19.3. The number of hydrogen-bond donors (Lipinski definition) is 2. The molecule has 5 aromatic rings. The van der Waals surface area contributed by atoms with Crippen LogP contribution in [0.4, 0.5) is 35.8 Å². The van der Waals surface area contributed by atoms with Crippen LogP contribution in [0.2, 0.25) is 0 Å². The van der Waals surface area contributed by atoms with Gasteiger partial charge >= 0.3 is 0 Å². The summed E-state index contributed by atoms with van der Waals surface area (Å²) in [5, 5.41) is 3.32. The third kappa shape index (κ3) is 6.20. The van der Waals surface area contributed by atoms with E-state index in [9.17, 15) is 21.6 Å². The quantitative estimate of drug-likeness (QED) is 0.233. The van der Waals surface area contributed by atoms with Crippen molar-refractivity contribution in [1.82, 2.24) is 19.9 Å². The first-order valence-corrected chi connectivity index (χ1v) is 15.8. The minimum absolute atomic E-state index is 0.193. The number of halogens is 3. The number of pyridine rings is 1. The smallest absolute Gasteiger partial charge is 0.227 e. The molecule has 0 spiro atoms. The number of thiazole rings is 1. The second kappa shape index (κ2) is 12.2. The standard InChI is InChI=1S/C29H24F3N7O3S2/c30-20-6-4-17(14-18(20)16-44(40,41)27-21(31)2-1-3-22(27)32)25-26(43-28(33)38-25)23-8-9-34-29(37-23)36-19-5-7-24(35-15-19)39-10-12-42-13-11-39/h1-9,14-15H,10-13,16H2,(H2,33,38)(H,34,36,37). The number of aromatic nitrogens is 4. The van der Waals surface area contributed by atoms with Crippen molar-refractivity contribution in [3.05, 3.63) is 90.0 Å². The van der Waals surface area contributed by atoms with Gasteiger partial charge in [-0.1, -0.05) is 17.4 Å². The Labute approximate surface area is 254 Å². The molecule has 44 heavy (non-hydrogen) atoms. The van der Waals surface area contributed by atoms with E-state index in [1.54, 1.807) is 18.5 Å². The number of nitrogen functional groups attached to an aromatic ring is 1. The van der Waals surface area contributed by atoms with Gasteiger partial charge in [-0.15, -0.1) is 0 Å². The molecule has 3 N–H and O–H groups in total. The minimum Gasteiger partial charge on any atom is -0.378 e. The van der Waals surface area contributed by atoms with E-state index < -0.39 is 37.9 Å². The average molecular weight is 640 g/mol. The summed E-state index contributed by atoms with van der Waals surface area (Å²) in [7, 11) is -4.57. The Morgan fingerprint density at radius 3 is 2.45 bits per heavy atom. The molecule has 2 aromatic carbocycles. The van der Waals surface area contributed by atoms with Crippen molar-refractivity contribution in [2.45, 2.75) is 10.6 Å². The number of nitrogens with zero attached hydrogens (tertiary/aromatic N) is 5. The van der Waals surface area contributed by atoms with E-state index in [1.165, 1.54) is 12.1 Å².